The SMILES string of the molecule is C=C/C=C\c1cc(-c2ccc3c(-c4ccncc4)c4c(c(C5C=CNCC5)c3c2)-c2cccc3c5c(cc-4c23)CCC=C5)ccc1C. The quantitative estimate of drug-likeness (QED) is 0.198. The summed E-state index contributed by atoms with van der Waals surface area (Å²) in [6.07, 6.45) is 22.4. The van der Waals surface area contributed by atoms with Crippen LogP contribution in [0.3, 0.4) is 0 Å². The van der Waals surface area contributed by atoms with E-state index >= 15 is 0 Å². The Morgan fingerprint density at radius 1 is 0.830 bits per heavy atom. The van der Waals surface area contributed by atoms with Gasteiger partial charge < -0.3 is 5.32 Å². The van der Waals surface area contributed by atoms with Gasteiger partial charge >= 0.3 is 0 Å². The molecule has 226 valence electrons. The second-order valence-corrected chi connectivity index (χ2v) is 13.1. The highest BCUT2D eigenvalue weighted by Crippen LogP contribution is 2.58. The average molecular weight is 605 g/mol. The number of rotatable bonds is 5. The molecule has 1 aliphatic heterocycles. The van der Waals surface area contributed by atoms with Crippen LogP contribution in [0.1, 0.15) is 46.6 Å². The Bertz CT molecular complexity index is 2350. The Labute approximate surface area is 276 Å². The third kappa shape index (κ3) is 4.36. The topological polar surface area (TPSA) is 24.9 Å². The van der Waals surface area contributed by atoms with E-state index in [0.717, 1.165) is 25.8 Å². The maximum atomic E-state index is 4.43. The van der Waals surface area contributed by atoms with E-state index in [1.165, 1.54) is 93.9 Å². The first-order valence-corrected chi connectivity index (χ1v) is 16.8. The number of benzene rings is 5. The molecule has 5 aromatic carbocycles. The van der Waals surface area contributed by atoms with Crippen molar-refractivity contribution in [3.63, 3.8) is 0 Å². The van der Waals surface area contributed by atoms with Gasteiger partial charge in [-0.2, -0.15) is 0 Å². The number of aryl methyl sites for hydroxylation is 2. The minimum Gasteiger partial charge on any atom is -0.391 e. The fraction of sp³-hybridized carbons (Fsp3) is 0.133. The minimum absolute atomic E-state index is 0.303. The summed E-state index contributed by atoms with van der Waals surface area (Å²) in [5, 5.41) is 8.88. The van der Waals surface area contributed by atoms with Crippen molar-refractivity contribution in [3.05, 3.63) is 150 Å². The summed E-state index contributed by atoms with van der Waals surface area (Å²) in [4.78, 5) is 4.43. The van der Waals surface area contributed by atoms with Gasteiger partial charge in [-0.3, -0.25) is 4.98 Å². The number of aromatic nitrogens is 1. The van der Waals surface area contributed by atoms with E-state index in [1.54, 1.807) is 0 Å². The van der Waals surface area contributed by atoms with Crippen LogP contribution in [-0.2, 0) is 6.42 Å². The zero-order valence-corrected chi connectivity index (χ0v) is 26.7. The van der Waals surface area contributed by atoms with Crippen LogP contribution in [-0.4, -0.2) is 11.5 Å². The van der Waals surface area contributed by atoms with E-state index in [1.807, 2.05) is 24.5 Å². The summed E-state index contributed by atoms with van der Waals surface area (Å²) >= 11 is 0. The number of hydrogen-bond acceptors (Lipinski definition) is 2. The molecule has 2 nitrogen and oxygen atoms in total. The largest absolute Gasteiger partial charge is 0.391 e. The molecule has 3 aliphatic rings. The van der Waals surface area contributed by atoms with Gasteiger partial charge in [-0.1, -0.05) is 85.5 Å². The summed E-state index contributed by atoms with van der Waals surface area (Å²) in [5.41, 5.74) is 17.3. The molecule has 0 fully saturated rings. The van der Waals surface area contributed by atoms with Crippen molar-refractivity contribution >= 4 is 33.7 Å². The molecule has 6 aromatic rings. The van der Waals surface area contributed by atoms with Crippen LogP contribution >= 0.6 is 0 Å². The predicted octanol–water partition coefficient (Wildman–Crippen LogP) is 11.4. The summed E-state index contributed by atoms with van der Waals surface area (Å²) < 4.78 is 0. The lowest BCUT2D eigenvalue weighted by molar-refractivity contribution is 0.661. The van der Waals surface area contributed by atoms with Gasteiger partial charge in [0.2, 0.25) is 0 Å². The van der Waals surface area contributed by atoms with Gasteiger partial charge in [-0.05, 0) is 157 Å². The molecule has 1 aromatic heterocycles. The first-order chi connectivity index (χ1) is 23.2. The van der Waals surface area contributed by atoms with E-state index < -0.39 is 0 Å². The van der Waals surface area contributed by atoms with E-state index in [-0.39, 0.29) is 0 Å². The molecule has 9 rings (SSSR count). The third-order valence-corrected chi connectivity index (χ3v) is 10.5. The van der Waals surface area contributed by atoms with E-state index in [0.29, 0.717) is 5.92 Å². The monoisotopic (exact) mass is 604 g/mol. The number of fused-ring (bicyclic) bond motifs is 6. The highest BCUT2D eigenvalue weighted by atomic mass is 14.8. The predicted molar refractivity (Wildman–Crippen MR) is 200 cm³/mol. The molecule has 1 atom stereocenters. The highest BCUT2D eigenvalue weighted by Gasteiger charge is 2.33. The van der Waals surface area contributed by atoms with Crippen LogP contribution in [0.5, 0.6) is 0 Å². The Balaban J connectivity index is 1.42. The Hall–Kier alpha value is -5.47. The first kappa shape index (κ1) is 27.8. The first-order valence-electron chi connectivity index (χ1n) is 16.8. The van der Waals surface area contributed by atoms with E-state index in [2.05, 4.69) is 127 Å². The summed E-state index contributed by atoms with van der Waals surface area (Å²) in [6.45, 7) is 7.02. The summed E-state index contributed by atoms with van der Waals surface area (Å²) in [7, 11) is 0. The van der Waals surface area contributed by atoms with Crippen LogP contribution in [0.2, 0.25) is 0 Å². The molecule has 2 heterocycles. The molecule has 47 heavy (non-hydrogen) atoms. The van der Waals surface area contributed by atoms with Crippen LogP contribution in [0, 0.1) is 6.92 Å². The molecule has 0 radical (unpaired) electrons. The molecule has 0 saturated heterocycles. The van der Waals surface area contributed by atoms with Gasteiger partial charge in [0.25, 0.3) is 0 Å². The van der Waals surface area contributed by atoms with Crippen LogP contribution in [0.4, 0.5) is 0 Å². The van der Waals surface area contributed by atoms with Crippen molar-refractivity contribution in [2.24, 2.45) is 0 Å². The molecule has 1 N–H and O–H groups in total. The van der Waals surface area contributed by atoms with Crippen LogP contribution < -0.4 is 5.32 Å². The van der Waals surface area contributed by atoms with Gasteiger partial charge in [0.1, 0.15) is 0 Å². The number of hydrogen-bond donors (Lipinski definition) is 1. The van der Waals surface area contributed by atoms with Gasteiger partial charge in [-0.15, -0.1) is 0 Å². The van der Waals surface area contributed by atoms with E-state index in [4.69, 9.17) is 0 Å². The van der Waals surface area contributed by atoms with Crippen LogP contribution in [0.25, 0.3) is 78.2 Å². The van der Waals surface area contributed by atoms with Gasteiger partial charge in [0, 0.05) is 24.9 Å². The standard InChI is InChI=1S/C45H36N2/c1-3-4-8-31-25-32(14-13-28(31)2)33-15-16-37-39(26-33)42(30-19-23-47-24-20-30)44-38-12-7-11-36-35-10-6-5-9-34(35)27-40(43(36)38)45(44)41(37)29-17-21-46-22-18-29/h3-4,6-8,10-19,21-23,25-27,30,47H,1,5,9,20,24H2,2H3/b8-4-. The second kappa shape index (κ2) is 11.1. The Morgan fingerprint density at radius 3 is 2.55 bits per heavy atom. The van der Waals surface area contributed by atoms with Crippen molar-refractivity contribution in [2.45, 2.75) is 32.1 Å². The van der Waals surface area contributed by atoms with Crippen molar-refractivity contribution in [1.82, 2.24) is 10.3 Å². The molecule has 0 spiro atoms. The van der Waals surface area contributed by atoms with Crippen molar-refractivity contribution in [3.8, 4) is 44.5 Å². The number of nitrogens with one attached hydrogen (secondary N) is 1. The Kier molecular flexibility index (Phi) is 6.57. The van der Waals surface area contributed by atoms with Crippen molar-refractivity contribution in [1.29, 1.82) is 0 Å². The molecule has 2 aliphatic carbocycles. The fourth-order valence-corrected chi connectivity index (χ4v) is 8.27. The normalized spacial score (nSPS) is 16.1. The average Bonchev–Trinajstić information content (AvgIpc) is 3.45. The smallest absolute Gasteiger partial charge is 0.0273 e. The minimum atomic E-state index is 0.303. The van der Waals surface area contributed by atoms with Gasteiger partial charge in [-0.25, -0.2) is 0 Å². The van der Waals surface area contributed by atoms with E-state index in [9.17, 15) is 0 Å². The molecule has 1 unspecified atom stereocenters. The number of pyridine rings is 1. The van der Waals surface area contributed by atoms with Crippen molar-refractivity contribution < 1.29 is 0 Å². The zero-order valence-electron chi connectivity index (χ0n) is 26.7. The zero-order chi connectivity index (χ0) is 31.5. The third-order valence-electron chi connectivity index (χ3n) is 10.5. The fourth-order valence-electron chi connectivity index (χ4n) is 8.27. The highest BCUT2D eigenvalue weighted by molar-refractivity contribution is 6.25. The lowest BCUT2D eigenvalue weighted by Gasteiger charge is -2.26. The molecule has 2 heteroatoms. The number of allylic oxidation sites excluding steroid dienone is 4. The Morgan fingerprint density at radius 2 is 1.70 bits per heavy atom. The lowest BCUT2D eigenvalue weighted by Crippen LogP contribution is -2.17. The molecular formula is C45H36N2. The summed E-state index contributed by atoms with van der Waals surface area (Å²) in [6, 6.07) is 27.9. The summed E-state index contributed by atoms with van der Waals surface area (Å²) in [5.74, 6) is 0.303. The maximum absolute atomic E-state index is 4.43. The maximum Gasteiger partial charge on any atom is 0.0273 e. The van der Waals surface area contributed by atoms with Gasteiger partial charge in [0.05, 0.1) is 0 Å². The molecule has 0 saturated carbocycles. The molecule has 0 amide bonds. The van der Waals surface area contributed by atoms with Gasteiger partial charge in [0.15, 0.2) is 0 Å². The molecular weight excluding hydrogens is 569 g/mol. The molecule has 0 bridgehead atoms. The van der Waals surface area contributed by atoms with Crippen LogP contribution in [0.15, 0.2) is 122 Å². The van der Waals surface area contributed by atoms with Crippen molar-refractivity contribution in [2.75, 3.05) is 6.54 Å². The lowest BCUT2D eigenvalue weighted by atomic mass is 9.78. The number of nitrogens with zero attached hydrogens (tertiary/aromatic N) is 1. The second-order valence-electron chi connectivity index (χ2n) is 13.1.